The molecule has 0 spiro atoms. The lowest BCUT2D eigenvalue weighted by Gasteiger charge is -2.33. The molecule has 3 aromatic rings. The Labute approximate surface area is 161 Å². The van der Waals surface area contributed by atoms with Gasteiger partial charge in [-0.05, 0) is 47.9 Å². The Morgan fingerprint density at radius 3 is 2.65 bits per heavy atom. The molecule has 1 fully saturated rings. The lowest BCUT2D eigenvalue weighted by molar-refractivity contribution is -0.924. The van der Waals surface area contributed by atoms with Crippen LogP contribution in [-0.4, -0.2) is 43.1 Å². The van der Waals surface area contributed by atoms with E-state index in [1.165, 1.54) is 10.6 Å². The Bertz CT molecular complexity index is 894. The Balaban J connectivity index is 1.37. The van der Waals surface area contributed by atoms with Crippen LogP contribution in [0.2, 0.25) is 0 Å². The van der Waals surface area contributed by atoms with Crippen LogP contribution >= 0.6 is 23.6 Å². The van der Waals surface area contributed by atoms with Crippen LogP contribution in [0, 0.1) is 4.84 Å². The maximum absolute atomic E-state index is 5.65. The molecule has 6 nitrogen and oxygen atoms in total. The van der Waals surface area contributed by atoms with Crippen molar-refractivity contribution in [1.29, 1.82) is 0 Å². The molecular weight excluding hydrogens is 368 g/mol. The van der Waals surface area contributed by atoms with Crippen LogP contribution in [0.5, 0.6) is 5.75 Å². The molecule has 1 aliphatic heterocycles. The molecule has 1 saturated heterocycles. The maximum Gasteiger partial charge on any atom is 0.292 e. The fraction of sp³-hybridized carbons (Fsp3) is 0.333. The third-order valence-electron chi connectivity index (χ3n) is 4.62. The van der Waals surface area contributed by atoms with E-state index in [4.69, 9.17) is 21.4 Å². The fourth-order valence-electron chi connectivity index (χ4n) is 3.15. The van der Waals surface area contributed by atoms with Gasteiger partial charge in [-0.3, -0.25) is 0 Å². The average molecular weight is 390 g/mol. The number of methoxy groups -OCH3 is 1. The molecule has 1 aliphatic rings. The number of quaternary nitrogens is 1. The second-order valence-corrected chi connectivity index (χ2v) is 7.54. The fourth-order valence-corrected chi connectivity index (χ4v) is 3.98. The second-order valence-electron chi connectivity index (χ2n) is 6.24. The van der Waals surface area contributed by atoms with Crippen LogP contribution in [0.3, 0.4) is 0 Å². The summed E-state index contributed by atoms with van der Waals surface area (Å²) in [6, 6.07) is 12.2. The Morgan fingerprint density at radius 2 is 2.00 bits per heavy atom. The van der Waals surface area contributed by atoms with E-state index in [-0.39, 0.29) is 0 Å². The molecule has 0 unspecified atom stereocenters. The van der Waals surface area contributed by atoms with Gasteiger partial charge < -0.3 is 19.0 Å². The van der Waals surface area contributed by atoms with Crippen molar-refractivity contribution >= 4 is 29.2 Å². The van der Waals surface area contributed by atoms with Crippen LogP contribution in [0.15, 0.2) is 46.2 Å². The van der Waals surface area contributed by atoms with Gasteiger partial charge >= 0.3 is 0 Å². The number of ether oxygens (including phenoxy) is 1. The van der Waals surface area contributed by atoms with Gasteiger partial charge in [0.1, 0.15) is 5.75 Å². The number of thiophene rings is 1. The number of hydrogen-bond donors (Lipinski definition) is 1. The van der Waals surface area contributed by atoms with E-state index in [0.29, 0.717) is 10.7 Å². The highest BCUT2D eigenvalue weighted by Crippen LogP contribution is 2.23. The van der Waals surface area contributed by atoms with Gasteiger partial charge in [-0.15, -0.1) is 16.4 Å². The van der Waals surface area contributed by atoms with E-state index in [0.717, 1.165) is 43.5 Å². The zero-order valence-corrected chi connectivity index (χ0v) is 16.2. The van der Waals surface area contributed by atoms with Gasteiger partial charge in [0.25, 0.3) is 10.7 Å². The monoisotopic (exact) mass is 389 g/mol. The predicted molar refractivity (Wildman–Crippen MR) is 105 cm³/mol. The van der Waals surface area contributed by atoms with E-state index in [9.17, 15) is 0 Å². The first-order valence-electron chi connectivity index (χ1n) is 8.57. The zero-order valence-electron chi connectivity index (χ0n) is 14.6. The number of nitrogens with one attached hydrogen (secondary N) is 1. The topological polar surface area (TPSA) is 47.9 Å². The molecule has 0 aliphatic carbocycles. The first-order chi connectivity index (χ1) is 12.7. The van der Waals surface area contributed by atoms with Gasteiger partial charge in [0.05, 0.1) is 38.2 Å². The number of anilines is 1. The second kappa shape index (κ2) is 7.61. The predicted octanol–water partition coefficient (Wildman–Crippen LogP) is 2.31. The SMILES string of the molecule is COc1ccc(N2CC[NH+](Cn3nc(-c4cccs4)oc3=S)CC2)cc1. The lowest BCUT2D eigenvalue weighted by Crippen LogP contribution is -3.14. The summed E-state index contributed by atoms with van der Waals surface area (Å²) >= 11 is 6.95. The first-order valence-corrected chi connectivity index (χ1v) is 9.86. The molecule has 0 bridgehead atoms. The summed E-state index contributed by atoms with van der Waals surface area (Å²) in [5.74, 6) is 1.50. The van der Waals surface area contributed by atoms with Gasteiger partial charge in [0.15, 0.2) is 6.67 Å². The highest BCUT2D eigenvalue weighted by atomic mass is 32.1. The minimum Gasteiger partial charge on any atom is -0.497 e. The van der Waals surface area contributed by atoms with Crippen LogP contribution in [0.25, 0.3) is 10.8 Å². The van der Waals surface area contributed by atoms with Gasteiger partial charge in [0.2, 0.25) is 0 Å². The molecule has 2 aromatic heterocycles. The van der Waals surface area contributed by atoms with Crippen molar-refractivity contribution in [2.75, 3.05) is 38.2 Å². The number of nitrogens with zero attached hydrogens (tertiary/aromatic N) is 3. The summed E-state index contributed by atoms with van der Waals surface area (Å²) in [4.78, 5) is 5.31. The van der Waals surface area contributed by atoms with E-state index < -0.39 is 0 Å². The highest BCUT2D eigenvalue weighted by Gasteiger charge is 2.22. The maximum atomic E-state index is 5.65. The largest absolute Gasteiger partial charge is 0.497 e. The Kier molecular flexibility index (Phi) is 5.05. The third-order valence-corrected chi connectivity index (χ3v) is 5.77. The Hall–Kier alpha value is -2.16. The van der Waals surface area contributed by atoms with Crippen LogP contribution in [0.4, 0.5) is 5.69 Å². The van der Waals surface area contributed by atoms with Crippen molar-refractivity contribution in [1.82, 2.24) is 9.78 Å². The van der Waals surface area contributed by atoms with E-state index in [1.807, 2.05) is 34.3 Å². The quantitative estimate of drug-likeness (QED) is 0.679. The molecule has 0 saturated carbocycles. The third kappa shape index (κ3) is 3.67. The number of piperazine rings is 1. The molecule has 4 rings (SSSR count). The molecule has 1 aromatic carbocycles. The number of benzene rings is 1. The normalized spacial score (nSPS) is 15.3. The average Bonchev–Trinajstić information content (AvgIpc) is 3.33. The molecular formula is C18H21N4O2S2+. The van der Waals surface area contributed by atoms with Crippen molar-refractivity contribution in [2.45, 2.75) is 6.67 Å². The molecule has 3 heterocycles. The van der Waals surface area contributed by atoms with Crippen molar-refractivity contribution in [2.24, 2.45) is 0 Å². The zero-order chi connectivity index (χ0) is 17.9. The smallest absolute Gasteiger partial charge is 0.292 e. The minimum atomic E-state index is 0.443. The number of hydrogen-bond acceptors (Lipinski definition) is 6. The highest BCUT2D eigenvalue weighted by molar-refractivity contribution is 7.71. The number of aromatic nitrogens is 2. The summed E-state index contributed by atoms with van der Waals surface area (Å²) in [7, 11) is 1.69. The standard InChI is InChI=1S/C18H20N4O2S2/c1-23-15-6-4-14(5-7-15)21-10-8-20(9-11-21)13-22-18(25)24-17(19-22)16-3-2-12-26-16/h2-7,12H,8-11,13H2,1H3/p+1. The minimum absolute atomic E-state index is 0.443. The molecule has 0 atom stereocenters. The lowest BCUT2D eigenvalue weighted by atomic mass is 10.2. The molecule has 0 radical (unpaired) electrons. The molecule has 0 amide bonds. The summed E-state index contributed by atoms with van der Waals surface area (Å²) in [6.45, 7) is 4.82. The van der Waals surface area contributed by atoms with Gasteiger partial charge in [-0.25, -0.2) is 0 Å². The van der Waals surface area contributed by atoms with Gasteiger partial charge in [-0.1, -0.05) is 6.07 Å². The molecule has 8 heteroatoms. The Morgan fingerprint density at radius 1 is 1.23 bits per heavy atom. The summed E-state index contributed by atoms with van der Waals surface area (Å²) in [6.07, 6.45) is 0. The van der Waals surface area contributed by atoms with Crippen molar-refractivity contribution in [3.63, 3.8) is 0 Å². The van der Waals surface area contributed by atoms with Crippen LogP contribution in [-0.2, 0) is 6.67 Å². The van der Waals surface area contributed by atoms with Crippen molar-refractivity contribution < 1.29 is 14.1 Å². The summed E-state index contributed by atoms with van der Waals surface area (Å²) in [5, 5.41) is 6.56. The van der Waals surface area contributed by atoms with Gasteiger partial charge in [0, 0.05) is 5.69 Å². The summed E-state index contributed by atoms with van der Waals surface area (Å²) in [5.41, 5.74) is 1.24. The molecule has 26 heavy (non-hydrogen) atoms. The summed E-state index contributed by atoms with van der Waals surface area (Å²) < 4.78 is 12.7. The van der Waals surface area contributed by atoms with E-state index in [2.05, 4.69) is 22.1 Å². The van der Waals surface area contributed by atoms with Crippen molar-refractivity contribution in [3.8, 4) is 16.5 Å². The number of rotatable bonds is 5. The van der Waals surface area contributed by atoms with E-state index in [1.54, 1.807) is 18.4 Å². The van der Waals surface area contributed by atoms with Gasteiger partial charge in [-0.2, -0.15) is 4.68 Å². The molecule has 1 N–H and O–H groups in total. The van der Waals surface area contributed by atoms with E-state index >= 15 is 0 Å². The van der Waals surface area contributed by atoms with Crippen LogP contribution < -0.4 is 14.5 Å². The molecule has 136 valence electrons. The van der Waals surface area contributed by atoms with Crippen molar-refractivity contribution in [3.05, 3.63) is 46.6 Å². The first kappa shape index (κ1) is 17.3. The van der Waals surface area contributed by atoms with Crippen LogP contribution in [0.1, 0.15) is 0 Å².